The maximum Gasteiger partial charge on any atom is 0.384 e. The second-order valence-electron chi connectivity index (χ2n) is 2.77. The zero-order valence-electron chi connectivity index (χ0n) is 8.50. The lowest BCUT2D eigenvalue weighted by atomic mass is 10.3. The number of hydrogen-bond acceptors (Lipinski definition) is 3. The average molecular weight is 192 g/mol. The number of carbonyl (C=O) groups excluding carboxylic acids is 1. The Balaban J connectivity index is 2.82. The zero-order chi connectivity index (χ0) is 10.6. The first kappa shape index (κ1) is 10.3. The molecule has 0 aliphatic carbocycles. The van der Waals surface area contributed by atoms with Gasteiger partial charge in [0.1, 0.15) is 5.69 Å². The number of nitrogens with zero attached hydrogens (tertiary/aromatic N) is 2. The van der Waals surface area contributed by atoms with Gasteiger partial charge in [-0.15, -0.1) is 0 Å². The molecule has 1 rings (SSSR count). The molecule has 0 aromatic carbocycles. The summed E-state index contributed by atoms with van der Waals surface area (Å²) in [7, 11) is 1.78. The second kappa shape index (κ2) is 4.47. The topological polar surface area (TPSA) is 44.1 Å². The van der Waals surface area contributed by atoms with E-state index in [9.17, 15) is 4.79 Å². The first-order valence-corrected chi connectivity index (χ1v) is 4.32. The summed E-state index contributed by atoms with van der Waals surface area (Å²) < 4.78 is 6.30. The van der Waals surface area contributed by atoms with Crippen molar-refractivity contribution in [3.8, 4) is 11.8 Å². The van der Waals surface area contributed by atoms with Gasteiger partial charge in [-0.2, -0.15) is 5.10 Å². The first-order valence-electron chi connectivity index (χ1n) is 4.32. The molecule has 1 heterocycles. The third-order valence-corrected chi connectivity index (χ3v) is 1.68. The van der Waals surface area contributed by atoms with E-state index in [0.717, 1.165) is 11.3 Å². The summed E-state index contributed by atoms with van der Waals surface area (Å²) in [6, 6.07) is 0. The molecule has 0 amide bonds. The van der Waals surface area contributed by atoms with Gasteiger partial charge < -0.3 is 4.74 Å². The van der Waals surface area contributed by atoms with Gasteiger partial charge >= 0.3 is 5.97 Å². The molecular weight excluding hydrogens is 180 g/mol. The van der Waals surface area contributed by atoms with E-state index in [1.807, 2.05) is 6.92 Å². The maximum atomic E-state index is 10.9. The summed E-state index contributed by atoms with van der Waals surface area (Å²) in [5, 5.41) is 4.00. The summed E-state index contributed by atoms with van der Waals surface area (Å²) in [4.78, 5) is 10.9. The van der Waals surface area contributed by atoms with E-state index in [0.29, 0.717) is 6.61 Å². The quantitative estimate of drug-likeness (QED) is 0.484. The molecule has 4 nitrogen and oxygen atoms in total. The molecule has 0 N–H and O–H groups in total. The number of ether oxygens (including phenoxy) is 1. The molecule has 1 aromatic heterocycles. The molecule has 0 fully saturated rings. The minimum absolute atomic E-state index is 0.345. The largest absolute Gasteiger partial charge is 0.456 e. The normalized spacial score (nSPS) is 9.07. The number of carbonyl (C=O) groups is 1. The lowest BCUT2D eigenvalue weighted by Crippen LogP contribution is -2.01. The SMILES string of the molecule is CCOC(=O)C#Cc1c(C)cnn1C. The molecule has 1 aromatic rings. The first-order chi connectivity index (χ1) is 6.65. The fourth-order valence-electron chi connectivity index (χ4n) is 1.00. The highest BCUT2D eigenvalue weighted by Crippen LogP contribution is 2.02. The molecule has 14 heavy (non-hydrogen) atoms. The third-order valence-electron chi connectivity index (χ3n) is 1.68. The Kier molecular flexibility index (Phi) is 3.29. The van der Waals surface area contributed by atoms with Crippen molar-refractivity contribution >= 4 is 5.97 Å². The molecule has 4 heteroatoms. The highest BCUT2D eigenvalue weighted by atomic mass is 16.5. The van der Waals surface area contributed by atoms with Gasteiger partial charge in [0.25, 0.3) is 0 Å². The molecule has 0 aliphatic heterocycles. The Morgan fingerprint density at radius 3 is 2.93 bits per heavy atom. The number of rotatable bonds is 1. The Labute approximate surface area is 82.9 Å². The van der Waals surface area contributed by atoms with Gasteiger partial charge in [-0.25, -0.2) is 4.79 Å². The highest BCUT2D eigenvalue weighted by Gasteiger charge is 2.00. The van der Waals surface area contributed by atoms with Gasteiger partial charge in [0.05, 0.1) is 12.8 Å². The summed E-state index contributed by atoms with van der Waals surface area (Å²) in [6.07, 6.45) is 1.70. The van der Waals surface area contributed by atoms with Gasteiger partial charge in [-0.3, -0.25) is 4.68 Å². The molecule has 0 aliphatic rings. The van der Waals surface area contributed by atoms with Crippen LogP contribution in [0.15, 0.2) is 6.20 Å². The van der Waals surface area contributed by atoms with Crippen LogP contribution in [0.4, 0.5) is 0 Å². The Hall–Kier alpha value is -1.76. The standard InChI is InChI=1S/C10H12N2O2/c1-4-14-10(13)6-5-9-8(2)7-11-12(9)3/h7H,4H2,1-3H3. The molecule has 0 atom stereocenters. The number of aryl methyl sites for hydroxylation is 2. The van der Waals surface area contributed by atoms with Crippen molar-refractivity contribution in [2.75, 3.05) is 6.61 Å². The predicted molar refractivity (Wildman–Crippen MR) is 51.5 cm³/mol. The minimum Gasteiger partial charge on any atom is -0.456 e. The summed E-state index contributed by atoms with van der Waals surface area (Å²) >= 11 is 0. The van der Waals surface area contributed by atoms with Crippen LogP contribution in [0, 0.1) is 18.8 Å². The van der Waals surface area contributed by atoms with Crippen LogP contribution < -0.4 is 0 Å². The van der Waals surface area contributed by atoms with Crippen molar-refractivity contribution < 1.29 is 9.53 Å². The average Bonchev–Trinajstić information content (AvgIpc) is 2.44. The second-order valence-corrected chi connectivity index (χ2v) is 2.77. The predicted octanol–water partition coefficient (Wildman–Crippen LogP) is 0.643. The molecule has 0 bridgehead atoms. The van der Waals surface area contributed by atoms with E-state index < -0.39 is 5.97 Å². The Bertz CT molecular complexity index is 376. The molecule has 74 valence electrons. The van der Waals surface area contributed by atoms with Crippen molar-refractivity contribution in [2.45, 2.75) is 13.8 Å². The van der Waals surface area contributed by atoms with Crippen LogP contribution in [0.1, 0.15) is 18.2 Å². The fourth-order valence-corrected chi connectivity index (χ4v) is 1.00. The summed E-state index contributed by atoms with van der Waals surface area (Å²) in [6.45, 7) is 3.98. The van der Waals surface area contributed by atoms with Gasteiger partial charge in [0.2, 0.25) is 0 Å². The van der Waals surface area contributed by atoms with Gasteiger partial charge in [0.15, 0.2) is 0 Å². The van der Waals surface area contributed by atoms with Crippen molar-refractivity contribution in [3.05, 3.63) is 17.5 Å². The van der Waals surface area contributed by atoms with Crippen LogP contribution in [0.25, 0.3) is 0 Å². The van der Waals surface area contributed by atoms with Crippen LogP contribution in [0.3, 0.4) is 0 Å². The van der Waals surface area contributed by atoms with E-state index in [1.54, 1.807) is 24.9 Å². The lowest BCUT2D eigenvalue weighted by Gasteiger charge is -1.93. The van der Waals surface area contributed by atoms with Crippen LogP contribution in [-0.4, -0.2) is 22.4 Å². The van der Waals surface area contributed by atoms with Crippen molar-refractivity contribution in [1.29, 1.82) is 0 Å². The Morgan fingerprint density at radius 2 is 2.43 bits per heavy atom. The van der Waals surface area contributed by atoms with E-state index in [2.05, 4.69) is 21.7 Å². The molecule has 0 saturated heterocycles. The van der Waals surface area contributed by atoms with Gasteiger partial charge in [-0.1, -0.05) is 0 Å². The maximum absolute atomic E-state index is 10.9. The molecule has 0 radical (unpaired) electrons. The number of hydrogen-bond donors (Lipinski definition) is 0. The fraction of sp³-hybridized carbons (Fsp3) is 0.400. The molecular formula is C10H12N2O2. The molecule has 0 saturated carbocycles. The van der Waals surface area contributed by atoms with E-state index in [4.69, 9.17) is 0 Å². The summed E-state index contributed by atoms with van der Waals surface area (Å²) in [5.41, 5.74) is 1.68. The van der Waals surface area contributed by atoms with Crippen molar-refractivity contribution in [2.24, 2.45) is 7.05 Å². The van der Waals surface area contributed by atoms with Crippen molar-refractivity contribution in [3.63, 3.8) is 0 Å². The monoisotopic (exact) mass is 192 g/mol. The lowest BCUT2D eigenvalue weighted by molar-refractivity contribution is -0.136. The van der Waals surface area contributed by atoms with Crippen LogP contribution in [-0.2, 0) is 16.6 Å². The Morgan fingerprint density at radius 1 is 1.71 bits per heavy atom. The molecule has 0 spiro atoms. The van der Waals surface area contributed by atoms with Crippen LogP contribution >= 0.6 is 0 Å². The zero-order valence-corrected chi connectivity index (χ0v) is 8.50. The molecule has 0 unspecified atom stereocenters. The van der Waals surface area contributed by atoms with Crippen LogP contribution in [0.2, 0.25) is 0 Å². The van der Waals surface area contributed by atoms with Crippen LogP contribution in [0.5, 0.6) is 0 Å². The van der Waals surface area contributed by atoms with E-state index in [1.165, 1.54) is 0 Å². The van der Waals surface area contributed by atoms with Gasteiger partial charge in [-0.05, 0) is 19.8 Å². The summed E-state index contributed by atoms with van der Waals surface area (Å²) in [5.74, 6) is 4.61. The van der Waals surface area contributed by atoms with Crippen molar-refractivity contribution in [1.82, 2.24) is 9.78 Å². The van der Waals surface area contributed by atoms with Gasteiger partial charge in [0, 0.05) is 18.5 Å². The number of aromatic nitrogens is 2. The van der Waals surface area contributed by atoms with E-state index >= 15 is 0 Å². The number of esters is 1. The van der Waals surface area contributed by atoms with E-state index in [-0.39, 0.29) is 0 Å². The highest BCUT2D eigenvalue weighted by molar-refractivity contribution is 5.89. The third kappa shape index (κ3) is 2.36. The smallest absolute Gasteiger partial charge is 0.384 e. The minimum atomic E-state index is -0.506.